The van der Waals surface area contributed by atoms with Gasteiger partial charge in [-0.3, -0.25) is 0 Å². The van der Waals surface area contributed by atoms with Crippen LogP contribution in [0.15, 0.2) is 55.0 Å². The highest BCUT2D eigenvalue weighted by Gasteiger charge is 2.30. The lowest BCUT2D eigenvalue weighted by Gasteiger charge is -2.08. The number of aryl methyl sites for hydroxylation is 3. The maximum atomic E-state index is 12.5. The summed E-state index contributed by atoms with van der Waals surface area (Å²) in [6, 6.07) is 11.6. The number of nitrogens with zero attached hydrogens (tertiary/aromatic N) is 3. The molecule has 0 amide bonds. The monoisotopic (exact) mass is 373 g/mol. The molecule has 0 spiro atoms. The van der Waals surface area contributed by atoms with Gasteiger partial charge in [0.1, 0.15) is 12.1 Å². The first-order chi connectivity index (χ1) is 12.9. The van der Waals surface area contributed by atoms with Crippen molar-refractivity contribution in [3.05, 3.63) is 77.5 Å². The number of ether oxygens (including phenoxy) is 1. The molecule has 0 bridgehead atoms. The number of hydrogen-bond acceptors (Lipinski definition) is 4. The van der Waals surface area contributed by atoms with E-state index in [9.17, 15) is 13.2 Å². The Morgan fingerprint density at radius 1 is 0.926 bits per heavy atom. The van der Waals surface area contributed by atoms with Gasteiger partial charge in [-0.15, -0.1) is 0 Å². The van der Waals surface area contributed by atoms with E-state index >= 15 is 0 Å². The summed E-state index contributed by atoms with van der Waals surface area (Å²) in [5.74, 6) is 0.646. The van der Waals surface area contributed by atoms with E-state index in [0.29, 0.717) is 5.75 Å². The van der Waals surface area contributed by atoms with E-state index in [2.05, 4.69) is 15.0 Å². The van der Waals surface area contributed by atoms with E-state index in [4.69, 9.17) is 4.74 Å². The van der Waals surface area contributed by atoms with Crippen molar-refractivity contribution in [3.8, 4) is 11.6 Å². The molecule has 7 heteroatoms. The molecule has 0 fully saturated rings. The topological polar surface area (TPSA) is 47.9 Å². The molecule has 0 saturated carbocycles. The van der Waals surface area contributed by atoms with Crippen LogP contribution in [0.4, 0.5) is 13.2 Å². The Morgan fingerprint density at radius 2 is 1.70 bits per heavy atom. The summed E-state index contributed by atoms with van der Waals surface area (Å²) in [6.07, 6.45) is 0.651. The van der Waals surface area contributed by atoms with Crippen LogP contribution < -0.4 is 4.74 Å². The van der Waals surface area contributed by atoms with Crippen LogP contribution in [-0.4, -0.2) is 15.0 Å². The molecule has 0 aliphatic rings. The lowest BCUT2D eigenvalue weighted by molar-refractivity contribution is -0.137. The number of pyridine rings is 1. The molecule has 4 nitrogen and oxygen atoms in total. The largest absolute Gasteiger partial charge is 0.439 e. The van der Waals surface area contributed by atoms with Gasteiger partial charge in [0.2, 0.25) is 5.88 Å². The number of hydrogen-bond donors (Lipinski definition) is 0. The molecule has 0 unspecified atom stereocenters. The van der Waals surface area contributed by atoms with Gasteiger partial charge in [0.15, 0.2) is 0 Å². The van der Waals surface area contributed by atoms with Crippen molar-refractivity contribution in [2.45, 2.75) is 32.4 Å². The van der Waals surface area contributed by atoms with E-state index in [0.717, 1.165) is 48.5 Å². The highest BCUT2D eigenvalue weighted by molar-refractivity contribution is 5.31. The number of rotatable bonds is 6. The van der Waals surface area contributed by atoms with Crippen LogP contribution in [0.1, 0.15) is 28.9 Å². The first-order valence-electron chi connectivity index (χ1n) is 8.48. The third kappa shape index (κ3) is 5.51. The summed E-state index contributed by atoms with van der Waals surface area (Å²) < 4.78 is 43.1. The van der Waals surface area contributed by atoms with Crippen molar-refractivity contribution >= 4 is 0 Å². The molecule has 0 radical (unpaired) electrons. The minimum absolute atomic E-state index is 0.120. The van der Waals surface area contributed by atoms with E-state index in [1.807, 2.05) is 25.1 Å². The number of aromatic nitrogens is 3. The van der Waals surface area contributed by atoms with Crippen molar-refractivity contribution in [2.24, 2.45) is 0 Å². The smallest absolute Gasteiger partial charge is 0.417 e. The summed E-state index contributed by atoms with van der Waals surface area (Å²) in [5.41, 5.74) is 2.33. The van der Waals surface area contributed by atoms with Crippen molar-refractivity contribution in [1.29, 1.82) is 0 Å². The van der Waals surface area contributed by atoms with Gasteiger partial charge < -0.3 is 4.74 Å². The molecule has 140 valence electrons. The molecule has 3 rings (SSSR count). The van der Waals surface area contributed by atoms with E-state index in [1.54, 1.807) is 18.5 Å². The molecular formula is C20H18F3N3O. The molecule has 0 N–H and O–H groups in total. The van der Waals surface area contributed by atoms with Gasteiger partial charge in [-0.1, -0.05) is 12.1 Å². The molecule has 1 aromatic carbocycles. The van der Waals surface area contributed by atoms with Crippen LogP contribution in [0.5, 0.6) is 11.6 Å². The van der Waals surface area contributed by atoms with Gasteiger partial charge in [-0.2, -0.15) is 13.2 Å². The Hall–Kier alpha value is -2.96. The molecule has 0 saturated heterocycles. The molecule has 3 aromatic rings. The highest BCUT2D eigenvalue weighted by Crippen LogP contribution is 2.30. The predicted molar refractivity (Wildman–Crippen MR) is 94.5 cm³/mol. The zero-order valence-electron chi connectivity index (χ0n) is 14.7. The fraction of sp³-hybridized carbons (Fsp3) is 0.250. The molecule has 27 heavy (non-hydrogen) atoms. The molecular weight excluding hydrogens is 355 g/mol. The normalized spacial score (nSPS) is 11.4. The zero-order valence-corrected chi connectivity index (χ0v) is 14.7. The number of halogens is 3. The van der Waals surface area contributed by atoms with Gasteiger partial charge in [-0.25, -0.2) is 15.0 Å². The van der Waals surface area contributed by atoms with Crippen LogP contribution in [0, 0.1) is 6.92 Å². The number of alkyl halides is 3. The quantitative estimate of drug-likeness (QED) is 0.598. The average molecular weight is 373 g/mol. The fourth-order valence-corrected chi connectivity index (χ4v) is 2.57. The minimum Gasteiger partial charge on any atom is -0.439 e. The van der Waals surface area contributed by atoms with Crippen molar-refractivity contribution in [3.63, 3.8) is 0 Å². The van der Waals surface area contributed by atoms with Gasteiger partial charge in [-0.05, 0) is 56.0 Å². The summed E-state index contributed by atoms with van der Waals surface area (Å²) in [6.45, 7) is 1.94. The van der Waals surface area contributed by atoms with Crippen molar-refractivity contribution in [2.75, 3.05) is 0 Å². The predicted octanol–water partition coefficient (Wildman–Crippen LogP) is 5.17. The SMILES string of the molecule is Cc1cc(CCCc2ccc(Oc3ccc(C(F)(F)F)cn3)cc2)ncn1. The van der Waals surface area contributed by atoms with Crippen LogP contribution in [-0.2, 0) is 19.0 Å². The lowest BCUT2D eigenvalue weighted by Crippen LogP contribution is -2.05. The Morgan fingerprint density at radius 3 is 2.33 bits per heavy atom. The van der Waals surface area contributed by atoms with Crippen LogP contribution in [0.25, 0.3) is 0 Å². The van der Waals surface area contributed by atoms with E-state index in [-0.39, 0.29) is 5.88 Å². The van der Waals surface area contributed by atoms with Gasteiger partial charge >= 0.3 is 6.18 Å². The molecule has 2 aromatic heterocycles. The third-order valence-corrected chi connectivity index (χ3v) is 3.97. The third-order valence-electron chi connectivity index (χ3n) is 3.97. The summed E-state index contributed by atoms with van der Waals surface area (Å²) in [4.78, 5) is 12.0. The standard InChI is InChI=1S/C20H18F3N3O/c1-14-11-17(26-13-25-14)4-2-3-15-5-8-18(9-6-15)27-19-10-7-16(12-24-19)20(21,22)23/h5-13H,2-4H2,1H3. The van der Waals surface area contributed by atoms with Crippen LogP contribution in [0.3, 0.4) is 0 Å². The molecule has 0 atom stereocenters. The van der Waals surface area contributed by atoms with Crippen molar-refractivity contribution in [1.82, 2.24) is 15.0 Å². The van der Waals surface area contributed by atoms with Crippen LogP contribution in [0.2, 0.25) is 0 Å². The Balaban J connectivity index is 1.52. The Kier molecular flexibility index (Phi) is 5.69. The van der Waals surface area contributed by atoms with Gasteiger partial charge in [0.05, 0.1) is 5.56 Å². The Labute approximate surface area is 155 Å². The maximum Gasteiger partial charge on any atom is 0.417 e. The fourth-order valence-electron chi connectivity index (χ4n) is 2.57. The maximum absolute atomic E-state index is 12.5. The summed E-state index contributed by atoms with van der Waals surface area (Å²) >= 11 is 0. The second-order valence-electron chi connectivity index (χ2n) is 6.13. The lowest BCUT2D eigenvalue weighted by atomic mass is 10.1. The van der Waals surface area contributed by atoms with Crippen molar-refractivity contribution < 1.29 is 17.9 Å². The molecule has 2 heterocycles. The second kappa shape index (κ2) is 8.16. The first-order valence-corrected chi connectivity index (χ1v) is 8.48. The Bertz CT molecular complexity index is 878. The summed E-state index contributed by atoms with van der Waals surface area (Å²) in [5, 5.41) is 0. The average Bonchev–Trinajstić information content (AvgIpc) is 2.63. The van der Waals surface area contributed by atoms with Gasteiger partial charge in [0.25, 0.3) is 0 Å². The summed E-state index contributed by atoms with van der Waals surface area (Å²) in [7, 11) is 0. The van der Waals surface area contributed by atoms with Crippen LogP contribution >= 0.6 is 0 Å². The zero-order chi connectivity index (χ0) is 19.3. The van der Waals surface area contributed by atoms with E-state index < -0.39 is 11.7 Å². The van der Waals surface area contributed by atoms with Gasteiger partial charge in [0, 0.05) is 23.7 Å². The molecule has 0 aliphatic heterocycles. The van der Waals surface area contributed by atoms with E-state index in [1.165, 1.54) is 6.07 Å². The molecule has 0 aliphatic carbocycles. The number of benzene rings is 1. The minimum atomic E-state index is -4.41. The second-order valence-corrected chi connectivity index (χ2v) is 6.13. The highest BCUT2D eigenvalue weighted by atomic mass is 19.4. The first kappa shape index (κ1) is 18.8.